The van der Waals surface area contributed by atoms with Gasteiger partial charge in [0.1, 0.15) is 11.4 Å². The molecule has 2 heterocycles. The van der Waals surface area contributed by atoms with E-state index in [0.29, 0.717) is 17.3 Å². The van der Waals surface area contributed by atoms with Crippen molar-refractivity contribution in [3.8, 4) is 5.75 Å². The smallest absolute Gasteiger partial charge is 0.142 e. The summed E-state index contributed by atoms with van der Waals surface area (Å²) in [5.74, 6) is 0.225. The molecular formula is C15H14ClNO2. The Morgan fingerprint density at radius 1 is 1.42 bits per heavy atom. The molecule has 1 unspecified atom stereocenters. The van der Waals surface area contributed by atoms with Gasteiger partial charge in [0.2, 0.25) is 0 Å². The Morgan fingerprint density at radius 3 is 2.95 bits per heavy atom. The monoisotopic (exact) mass is 275 g/mol. The first-order chi connectivity index (χ1) is 9.02. The molecule has 98 valence electrons. The van der Waals surface area contributed by atoms with Crippen molar-refractivity contribution in [2.45, 2.75) is 26.1 Å². The van der Waals surface area contributed by atoms with Crippen LogP contribution in [0, 0.1) is 6.92 Å². The average Bonchev–Trinajstić information content (AvgIpc) is 2.74. The minimum Gasteiger partial charge on any atom is -0.506 e. The Hall–Kier alpha value is -1.58. The van der Waals surface area contributed by atoms with E-state index in [2.05, 4.69) is 4.98 Å². The topological polar surface area (TPSA) is 42.4 Å². The minimum atomic E-state index is -0.613. The molecule has 0 fully saturated rings. The van der Waals surface area contributed by atoms with E-state index >= 15 is 0 Å². The predicted molar refractivity (Wildman–Crippen MR) is 73.3 cm³/mol. The van der Waals surface area contributed by atoms with Gasteiger partial charge in [-0.05, 0) is 31.5 Å². The summed E-state index contributed by atoms with van der Waals surface area (Å²) in [6.07, 6.45) is 1.78. The standard InChI is InChI=1S/C15H14ClNO2/c1-9-14(18)12-8-19-15(2,13(12)7-17-9)10-4-3-5-11(16)6-10/h3-7,18H,8H2,1-2H3. The van der Waals surface area contributed by atoms with E-state index in [4.69, 9.17) is 16.3 Å². The summed E-state index contributed by atoms with van der Waals surface area (Å²) in [6.45, 7) is 4.14. The normalized spacial score (nSPS) is 21.4. The molecule has 0 bridgehead atoms. The lowest BCUT2D eigenvalue weighted by atomic mass is 9.88. The molecule has 2 aromatic rings. The number of aromatic nitrogens is 1. The van der Waals surface area contributed by atoms with Crippen LogP contribution in [0.3, 0.4) is 0 Å². The fourth-order valence-corrected chi connectivity index (χ4v) is 2.71. The van der Waals surface area contributed by atoms with Gasteiger partial charge in [0.15, 0.2) is 0 Å². The molecule has 0 spiro atoms. The van der Waals surface area contributed by atoms with Crippen molar-refractivity contribution >= 4 is 11.6 Å². The Balaban J connectivity index is 2.18. The van der Waals surface area contributed by atoms with E-state index in [0.717, 1.165) is 16.7 Å². The zero-order valence-corrected chi connectivity index (χ0v) is 11.5. The van der Waals surface area contributed by atoms with E-state index in [1.807, 2.05) is 31.2 Å². The first-order valence-electron chi connectivity index (χ1n) is 6.10. The van der Waals surface area contributed by atoms with Crippen LogP contribution in [0.15, 0.2) is 30.5 Å². The van der Waals surface area contributed by atoms with Crippen molar-refractivity contribution < 1.29 is 9.84 Å². The van der Waals surface area contributed by atoms with Crippen LogP contribution in [0.1, 0.15) is 29.3 Å². The first kappa shape index (κ1) is 12.5. The van der Waals surface area contributed by atoms with Gasteiger partial charge in [0.05, 0.1) is 12.3 Å². The number of halogens is 1. The Kier molecular flexibility index (Phi) is 2.77. The average molecular weight is 276 g/mol. The van der Waals surface area contributed by atoms with Crippen LogP contribution < -0.4 is 0 Å². The highest BCUT2D eigenvalue weighted by Gasteiger charge is 2.39. The molecule has 4 heteroatoms. The summed E-state index contributed by atoms with van der Waals surface area (Å²) in [7, 11) is 0. The largest absolute Gasteiger partial charge is 0.506 e. The summed E-state index contributed by atoms with van der Waals surface area (Å²) >= 11 is 6.05. The molecule has 1 atom stereocenters. The molecular weight excluding hydrogens is 262 g/mol. The van der Waals surface area contributed by atoms with Crippen LogP contribution >= 0.6 is 11.6 Å². The number of pyridine rings is 1. The van der Waals surface area contributed by atoms with Crippen molar-refractivity contribution in [1.29, 1.82) is 0 Å². The number of hydrogen-bond donors (Lipinski definition) is 1. The van der Waals surface area contributed by atoms with E-state index in [1.165, 1.54) is 0 Å². The minimum absolute atomic E-state index is 0.225. The highest BCUT2D eigenvalue weighted by atomic mass is 35.5. The van der Waals surface area contributed by atoms with Gasteiger partial charge in [0, 0.05) is 22.3 Å². The predicted octanol–water partition coefficient (Wildman–Crippen LogP) is 3.54. The lowest BCUT2D eigenvalue weighted by Gasteiger charge is -2.25. The maximum atomic E-state index is 10.1. The fraction of sp³-hybridized carbons (Fsp3) is 0.267. The third-order valence-corrected chi connectivity index (χ3v) is 3.97. The van der Waals surface area contributed by atoms with Gasteiger partial charge in [-0.3, -0.25) is 4.98 Å². The van der Waals surface area contributed by atoms with Crippen LogP contribution in [0.2, 0.25) is 5.02 Å². The highest BCUT2D eigenvalue weighted by molar-refractivity contribution is 6.30. The van der Waals surface area contributed by atoms with Crippen molar-refractivity contribution in [3.05, 3.63) is 57.9 Å². The number of ether oxygens (including phenoxy) is 1. The van der Waals surface area contributed by atoms with E-state index < -0.39 is 5.60 Å². The first-order valence-corrected chi connectivity index (χ1v) is 6.48. The second-order valence-electron chi connectivity index (χ2n) is 4.92. The lowest BCUT2D eigenvalue weighted by molar-refractivity contribution is 0.00935. The molecule has 1 N–H and O–H groups in total. The van der Waals surface area contributed by atoms with Crippen molar-refractivity contribution in [2.24, 2.45) is 0 Å². The van der Waals surface area contributed by atoms with Crippen LogP contribution in [0.5, 0.6) is 5.75 Å². The number of aryl methyl sites for hydroxylation is 1. The van der Waals surface area contributed by atoms with Crippen LogP contribution in [-0.2, 0) is 16.9 Å². The van der Waals surface area contributed by atoms with Crippen molar-refractivity contribution in [1.82, 2.24) is 4.98 Å². The van der Waals surface area contributed by atoms with Gasteiger partial charge in [0.25, 0.3) is 0 Å². The summed E-state index contributed by atoms with van der Waals surface area (Å²) in [5.41, 5.74) is 2.69. The molecule has 0 aliphatic carbocycles. The van der Waals surface area contributed by atoms with Gasteiger partial charge in [-0.2, -0.15) is 0 Å². The molecule has 3 rings (SSSR count). The van der Waals surface area contributed by atoms with Gasteiger partial charge >= 0.3 is 0 Å². The number of hydrogen-bond acceptors (Lipinski definition) is 3. The molecule has 1 aliphatic heterocycles. The van der Waals surface area contributed by atoms with Crippen LogP contribution in [0.25, 0.3) is 0 Å². The zero-order valence-electron chi connectivity index (χ0n) is 10.8. The summed E-state index contributed by atoms with van der Waals surface area (Å²) in [5, 5.41) is 10.8. The molecule has 1 aromatic heterocycles. The fourth-order valence-electron chi connectivity index (χ4n) is 2.52. The van der Waals surface area contributed by atoms with Gasteiger partial charge < -0.3 is 9.84 Å². The number of fused-ring (bicyclic) bond motifs is 1. The summed E-state index contributed by atoms with van der Waals surface area (Å²) in [4.78, 5) is 4.23. The Labute approximate surface area is 116 Å². The van der Waals surface area contributed by atoms with Crippen LogP contribution in [-0.4, -0.2) is 10.1 Å². The second kappa shape index (κ2) is 4.22. The lowest BCUT2D eigenvalue weighted by Crippen LogP contribution is -2.22. The molecule has 0 saturated heterocycles. The highest BCUT2D eigenvalue weighted by Crippen LogP contribution is 2.45. The van der Waals surface area contributed by atoms with Crippen molar-refractivity contribution in [3.63, 3.8) is 0 Å². The summed E-state index contributed by atoms with van der Waals surface area (Å²) in [6, 6.07) is 7.58. The van der Waals surface area contributed by atoms with Gasteiger partial charge in [-0.1, -0.05) is 23.7 Å². The SMILES string of the molecule is Cc1ncc2c(c1O)COC2(C)c1cccc(Cl)c1. The maximum Gasteiger partial charge on any atom is 0.142 e. The van der Waals surface area contributed by atoms with E-state index in [1.54, 1.807) is 13.1 Å². The molecule has 0 amide bonds. The third kappa shape index (κ3) is 1.81. The third-order valence-electron chi connectivity index (χ3n) is 3.74. The molecule has 0 radical (unpaired) electrons. The number of nitrogens with zero attached hydrogens (tertiary/aromatic N) is 1. The Bertz CT molecular complexity index is 657. The second-order valence-corrected chi connectivity index (χ2v) is 5.35. The molecule has 1 aliphatic rings. The van der Waals surface area contributed by atoms with Crippen LogP contribution in [0.4, 0.5) is 0 Å². The van der Waals surface area contributed by atoms with Crippen molar-refractivity contribution in [2.75, 3.05) is 0 Å². The quantitative estimate of drug-likeness (QED) is 0.865. The zero-order chi connectivity index (χ0) is 13.6. The van der Waals surface area contributed by atoms with E-state index in [-0.39, 0.29) is 5.75 Å². The Morgan fingerprint density at radius 2 is 2.21 bits per heavy atom. The summed E-state index contributed by atoms with van der Waals surface area (Å²) < 4.78 is 5.93. The number of benzene rings is 1. The molecule has 1 aromatic carbocycles. The maximum absolute atomic E-state index is 10.1. The number of rotatable bonds is 1. The number of aromatic hydroxyl groups is 1. The molecule has 0 saturated carbocycles. The van der Waals surface area contributed by atoms with E-state index in [9.17, 15) is 5.11 Å². The molecule has 19 heavy (non-hydrogen) atoms. The van der Waals surface area contributed by atoms with Gasteiger partial charge in [-0.15, -0.1) is 0 Å². The molecule has 3 nitrogen and oxygen atoms in total. The van der Waals surface area contributed by atoms with Gasteiger partial charge in [-0.25, -0.2) is 0 Å².